The number of nitrogens with one attached hydrogen (secondary N) is 1. The first-order valence-electron chi connectivity index (χ1n) is 10.2. The van der Waals surface area contributed by atoms with E-state index >= 15 is 0 Å². The van der Waals surface area contributed by atoms with Gasteiger partial charge >= 0.3 is 6.03 Å². The van der Waals surface area contributed by atoms with Gasteiger partial charge in [-0.2, -0.15) is 0 Å². The van der Waals surface area contributed by atoms with Gasteiger partial charge in [0.1, 0.15) is 5.82 Å². The summed E-state index contributed by atoms with van der Waals surface area (Å²) in [5.74, 6) is 0.0340. The largest absolute Gasteiger partial charge is 0.383 e. The standard InChI is InChI=1S/C20H26ClFN6O3/c1-25-17-16(18(29)24-20(25)30)28(10-11-31-2)19(23-17)27-8-6-26(7-9-27)12-13-14(21)4-3-5-15(13)22/h3-5,16-17H,6-12H2,1-2H3,(H,24,29,30). The number of aliphatic imine (C=N–C) groups is 1. The topological polar surface area (TPSA) is 80.7 Å². The van der Waals surface area contributed by atoms with Crippen molar-refractivity contribution in [2.24, 2.45) is 4.99 Å². The summed E-state index contributed by atoms with van der Waals surface area (Å²) in [5, 5.41) is 2.82. The third-order valence-electron chi connectivity index (χ3n) is 5.97. The molecule has 0 spiro atoms. The number of fused-ring (bicyclic) bond motifs is 1. The second kappa shape index (κ2) is 8.97. The molecule has 4 rings (SSSR count). The third kappa shape index (κ3) is 4.19. The van der Waals surface area contributed by atoms with Crippen molar-refractivity contribution in [2.75, 3.05) is 53.5 Å². The van der Waals surface area contributed by atoms with Crippen molar-refractivity contribution in [3.8, 4) is 0 Å². The van der Waals surface area contributed by atoms with Gasteiger partial charge in [0.25, 0.3) is 5.91 Å². The molecule has 2 unspecified atom stereocenters. The number of hydrogen-bond donors (Lipinski definition) is 1. The Morgan fingerprint density at radius 3 is 2.68 bits per heavy atom. The summed E-state index contributed by atoms with van der Waals surface area (Å²) in [6.07, 6.45) is -0.566. The molecule has 0 saturated carbocycles. The highest BCUT2D eigenvalue weighted by Gasteiger charge is 2.49. The van der Waals surface area contributed by atoms with Crippen LogP contribution in [0, 0.1) is 5.82 Å². The van der Waals surface area contributed by atoms with Gasteiger partial charge in [0, 0.05) is 64.0 Å². The van der Waals surface area contributed by atoms with Crippen LogP contribution in [0.3, 0.4) is 0 Å². The number of carbonyl (C=O) groups excluding carboxylic acids is 2. The van der Waals surface area contributed by atoms with Crippen molar-refractivity contribution < 1.29 is 18.7 Å². The van der Waals surface area contributed by atoms with E-state index in [1.165, 1.54) is 11.0 Å². The molecular weight excluding hydrogens is 427 g/mol. The van der Waals surface area contributed by atoms with E-state index in [9.17, 15) is 14.0 Å². The lowest BCUT2D eigenvalue weighted by Crippen LogP contribution is -2.65. The molecule has 2 saturated heterocycles. The molecule has 0 radical (unpaired) electrons. The molecule has 2 atom stereocenters. The van der Waals surface area contributed by atoms with Gasteiger partial charge in [-0.25, -0.2) is 14.2 Å². The minimum Gasteiger partial charge on any atom is -0.383 e. The van der Waals surface area contributed by atoms with E-state index in [4.69, 9.17) is 21.3 Å². The van der Waals surface area contributed by atoms with Crippen molar-refractivity contribution in [3.63, 3.8) is 0 Å². The van der Waals surface area contributed by atoms with Crippen molar-refractivity contribution in [1.29, 1.82) is 0 Å². The Hall–Kier alpha value is -2.43. The van der Waals surface area contributed by atoms with Gasteiger partial charge in [-0.3, -0.25) is 15.0 Å². The molecule has 3 amide bonds. The Morgan fingerprint density at radius 2 is 2.00 bits per heavy atom. The molecule has 0 aromatic heterocycles. The fourth-order valence-corrected chi connectivity index (χ4v) is 4.44. The molecule has 3 aliphatic rings. The number of rotatable bonds is 5. The van der Waals surface area contributed by atoms with Crippen molar-refractivity contribution in [3.05, 3.63) is 34.6 Å². The van der Waals surface area contributed by atoms with E-state index in [2.05, 4.69) is 15.1 Å². The predicted octanol–water partition coefficient (Wildman–Crippen LogP) is 0.791. The summed E-state index contributed by atoms with van der Waals surface area (Å²) >= 11 is 6.17. The lowest BCUT2D eigenvalue weighted by molar-refractivity contribution is -0.127. The van der Waals surface area contributed by atoms with E-state index in [1.54, 1.807) is 26.3 Å². The number of carbonyl (C=O) groups is 2. The smallest absolute Gasteiger partial charge is 0.325 e. The lowest BCUT2D eigenvalue weighted by atomic mass is 10.1. The molecule has 9 nitrogen and oxygen atoms in total. The second-order valence-electron chi connectivity index (χ2n) is 7.84. The Kier molecular flexibility index (Phi) is 6.31. The zero-order valence-electron chi connectivity index (χ0n) is 17.6. The van der Waals surface area contributed by atoms with E-state index in [0.29, 0.717) is 62.4 Å². The fraction of sp³-hybridized carbons (Fsp3) is 0.550. The van der Waals surface area contributed by atoms with Crippen LogP contribution >= 0.6 is 11.6 Å². The monoisotopic (exact) mass is 452 g/mol. The molecular formula is C20H26ClFN6O3. The minimum atomic E-state index is -0.580. The number of methoxy groups -OCH3 is 1. The normalized spacial score (nSPS) is 24.4. The highest BCUT2D eigenvalue weighted by molar-refractivity contribution is 6.31. The number of halogens is 2. The Labute approximate surface area is 185 Å². The Balaban J connectivity index is 1.47. The maximum absolute atomic E-state index is 14.1. The van der Waals surface area contributed by atoms with Crippen LogP contribution in [0.1, 0.15) is 5.56 Å². The number of piperazine rings is 1. The van der Waals surface area contributed by atoms with Gasteiger partial charge in [-0.05, 0) is 12.1 Å². The van der Waals surface area contributed by atoms with E-state index in [1.807, 2.05) is 4.90 Å². The molecule has 1 aromatic rings. The summed E-state index contributed by atoms with van der Waals surface area (Å²) in [6, 6.07) is 3.69. The predicted molar refractivity (Wildman–Crippen MR) is 113 cm³/mol. The molecule has 1 N–H and O–H groups in total. The first-order chi connectivity index (χ1) is 14.9. The molecule has 168 valence electrons. The van der Waals surface area contributed by atoms with E-state index in [-0.39, 0.29) is 11.7 Å². The molecule has 0 aliphatic carbocycles. The average molecular weight is 453 g/mol. The van der Waals surface area contributed by atoms with Crippen LogP contribution in [0.15, 0.2) is 23.2 Å². The van der Waals surface area contributed by atoms with Crippen LogP contribution in [0.4, 0.5) is 9.18 Å². The summed E-state index contributed by atoms with van der Waals surface area (Å²) in [6.45, 7) is 4.05. The van der Waals surface area contributed by atoms with Gasteiger partial charge in [0.2, 0.25) is 0 Å². The van der Waals surface area contributed by atoms with Crippen molar-refractivity contribution >= 4 is 29.5 Å². The quantitative estimate of drug-likeness (QED) is 0.711. The Bertz CT molecular complexity index is 871. The molecule has 1 aromatic carbocycles. The number of imide groups is 1. The van der Waals surface area contributed by atoms with Crippen LogP contribution in [-0.2, 0) is 16.1 Å². The van der Waals surface area contributed by atoms with Crippen LogP contribution < -0.4 is 5.32 Å². The number of likely N-dealkylation sites (N-methyl/N-ethyl adjacent to an activating group) is 1. The number of hydrogen-bond acceptors (Lipinski definition) is 7. The first kappa shape index (κ1) is 21.8. The summed E-state index contributed by atoms with van der Waals surface area (Å²) < 4.78 is 19.4. The third-order valence-corrected chi connectivity index (χ3v) is 6.33. The zero-order chi connectivity index (χ0) is 22.1. The SMILES string of the molecule is COCCN1C(N2CCN(Cc3c(F)cccc3Cl)CC2)=NC2C1C(=O)NC(=O)N2C. The van der Waals surface area contributed by atoms with E-state index in [0.717, 1.165) is 0 Å². The molecule has 31 heavy (non-hydrogen) atoms. The number of ether oxygens (including phenoxy) is 1. The van der Waals surface area contributed by atoms with Gasteiger partial charge in [-0.15, -0.1) is 0 Å². The summed E-state index contributed by atoms with van der Waals surface area (Å²) in [5.41, 5.74) is 0.500. The lowest BCUT2D eigenvalue weighted by Gasteiger charge is -2.40. The van der Waals surface area contributed by atoms with Crippen LogP contribution in [0.2, 0.25) is 5.02 Å². The highest BCUT2D eigenvalue weighted by atomic mass is 35.5. The van der Waals surface area contributed by atoms with Gasteiger partial charge in [0.15, 0.2) is 18.2 Å². The Morgan fingerprint density at radius 1 is 1.26 bits per heavy atom. The molecule has 0 bridgehead atoms. The van der Waals surface area contributed by atoms with Crippen LogP contribution in [0.5, 0.6) is 0 Å². The van der Waals surface area contributed by atoms with Crippen LogP contribution in [-0.4, -0.2) is 103 Å². The number of nitrogens with zero attached hydrogens (tertiary/aromatic N) is 5. The maximum Gasteiger partial charge on any atom is 0.325 e. The zero-order valence-corrected chi connectivity index (χ0v) is 18.3. The fourth-order valence-electron chi connectivity index (χ4n) is 4.22. The maximum atomic E-state index is 14.1. The molecule has 11 heteroatoms. The van der Waals surface area contributed by atoms with Crippen molar-refractivity contribution in [1.82, 2.24) is 24.9 Å². The number of benzene rings is 1. The summed E-state index contributed by atoms with van der Waals surface area (Å²) in [7, 11) is 3.24. The second-order valence-corrected chi connectivity index (χ2v) is 8.25. The van der Waals surface area contributed by atoms with Gasteiger partial charge in [-0.1, -0.05) is 17.7 Å². The first-order valence-corrected chi connectivity index (χ1v) is 10.6. The number of amides is 3. The van der Waals surface area contributed by atoms with Gasteiger partial charge < -0.3 is 19.4 Å². The van der Waals surface area contributed by atoms with Crippen molar-refractivity contribution in [2.45, 2.75) is 18.8 Å². The van der Waals surface area contributed by atoms with Crippen LogP contribution in [0.25, 0.3) is 0 Å². The molecule has 3 aliphatic heterocycles. The molecule has 3 heterocycles. The number of urea groups is 1. The summed E-state index contributed by atoms with van der Waals surface area (Å²) in [4.78, 5) is 37.0. The van der Waals surface area contributed by atoms with Gasteiger partial charge in [0.05, 0.1) is 6.61 Å². The minimum absolute atomic E-state index is 0.302. The number of guanidine groups is 1. The highest BCUT2D eigenvalue weighted by Crippen LogP contribution is 2.26. The average Bonchev–Trinajstić information content (AvgIpc) is 3.14. The molecule has 2 fully saturated rings. The van der Waals surface area contributed by atoms with E-state index < -0.39 is 18.2 Å².